The zero-order valence-corrected chi connectivity index (χ0v) is 15.1. The number of anilines is 1. The number of aryl methyl sites for hydroxylation is 2. The molecule has 0 aliphatic carbocycles. The van der Waals surface area contributed by atoms with Gasteiger partial charge in [-0.15, -0.1) is 0 Å². The maximum atomic E-state index is 13.1. The molecule has 2 aliphatic rings. The number of aromatic nitrogens is 1. The van der Waals surface area contributed by atoms with E-state index in [-0.39, 0.29) is 5.41 Å². The molecule has 6 heteroatoms. The van der Waals surface area contributed by atoms with Crippen molar-refractivity contribution < 1.29 is 9.32 Å². The lowest BCUT2D eigenvalue weighted by atomic mass is 9.78. The van der Waals surface area contributed by atoms with Crippen molar-refractivity contribution >= 4 is 22.9 Å². The molecule has 2 aromatic heterocycles. The Labute approximate surface area is 146 Å². The third kappa shape index (κ3) is 2.58. The van der Waals surface area contributed by atoms with Crippen LogP contribution in [0.25, 0.3) is 0 Å². The lowest BCUT2D eigenvalue weighted by molar-refractivity contribution is -0.128. The van der Waals surface area contributed by atoms with Crippen molar-refractivity contribution in [3.05, 3.63) is 33.8 Å². The van der Waals surface area contributed by atoms with Gasteiger partial charge in [0.2, 0.25) is 5.91 Å². The van der Waals surface area contributed by atoms with Gasteiger partial charge >= 0.3 is 0 Å². The summed E-state index contributed by atoms with van der Waals surface area (Å²) in [5.74, 6) is 1.20. The predicted molar refractivity (Wildman–Crippen MR) is 94.2 cm³/mol. The van der Waals surface area contributed by atoms with E-state index in [2.05, 4.69) is 15.4 Å². The first-order chi connectivity index (χ1) is 11.6. The standard InChI is InChI=1S/C18H23N3O2S/c1-13-16(14(2)23-19-13)10-20-7-3-5-18(12-20)6-8-21(17(18)22)15-4-9-24-11-15/h4,9,11H,3,5-8,10,12H2,1-2H3. The summed E-state index contributed by atoms with van der Waals surface area (Å²) in [5, 5.41) is 8.17. The molecule has 2 saturated heterocycles. The van der Waals surface area contributed by atoms with Crippen LogP contribution >= 0.6 is 11.3 Å². The molecule has 0 N–H and O–H groups in total. The Morgan fingerprint density at radius 3 is 2.92 bits per heavy atom. The van der Waals surface area contributed by atoms with E-state index in [4.69, 9.17) is 4.52 Å². The number of hydrogen-bond donors (Lipinski definition) is 0. The number of thiophene rings is 1. The predicted octanol–water partition coefficient (Wildman–Crippen LogP) is 3.37. The molecule has 24 heavy (non-hydrogen) atoms. The largest absolute Gasteiger partial charge is 0.361 e. The first-order valence-corrected chi connectivity index (χ1v) is 9.52. The maximum Gasteiger partial charge on any atom is 0.234 e. The minimum Gasteiger partial charge on any atom is -0.361 e. The molecule has 0 saturated carbocycles. The van der Waals surface area contributed by atoms with Gasteiger partial charge < -0.3 is 9.42 Å². The molecule has 2 aromatic rings. The zero-order chi connectivity index (χ0) is 16.7. The second-order valence-electron chi connectivity index (χ2n) is 7.09. The summed E-state index contributed by atoms with van der Waals surface area (Å²) in [6.45, 7) is 7.51. The minimum absolute atomic E-state index is 0.209. The number of hydrogen-bond acceptors (Lipinski definition) is 5. The third-order valence-electron chi connectivity index (χ3n) is 5.55. The van der Waals surface area contributed by atoms with Crippen molar-refractivity contribution in [2.45, 2.75) is 39.7 Å². The number of carbonyl (C=O) groups is 1. The first-order valence-electron chi connectivity index (χ1n) is 8.57. The van der Waals surface area contributed by atoms with Crippen LogP contribution in [0.1, 0.15) is 36.3 Å². The van der Waals surface area contributed by atoms with Crippen molar-refractivity contribution in [3.63, 3.8) is 0 Å². The van der Waals surface area contributed by atoms with Crippen LogP contribution < -0.4 is 4.90 Å². The summed E-state index contributed by atoms with van der Waals surface area (Å²) < 4.78 is 5.29. The second-order valence-corrected chi connectivity index (χ2v) is 7.87. The van der Waals surface area contributed by atoms with E-state index >= 15 is 0 Å². The van der Waals surface area contributed by atoms with Gasteiger partial charge in [0.05, 0.1) is 16.8 Å². The van der Waals surface area contributed by atoms with Gasteiger partial charge in [0.15, 0.2) is 0 Å². The van der Waals surface area contributed by atoms with Gasteiger partial charge in [-0.25, -0.2) is 0 Å². The maximum absolute atomic E-state index is 13.1. The molecule has 0 bridgehead atoms. The van der Waals surface area contributed by atoms with Crippen LogP contribution in [0.5, 0.6) is 0 Å². The molecule has 1 spiro atoms. The Morgan fingerprint density at radius 1 is 1.33 bits per heavy atom. The average Bonchev–Trinajstić information content (AvgIpc) is 3.27. The van der Waals surface area contributed by atoms with Crippen molar-refractivity contribution in [2.75, 3.05) is 24.5 Å². The topological polar surface area (TPSA) is 49.6 Å². The van der Waals surface area contributed by atoms with Crippen LogP contribution in [0.15, 0.2) is 21.3 Å². The number of carbonyl (C=O) groups excluding carboxylic acids is 1. The van der Waals surface area contributed by atoms with Gasteiger partial charge in [-0.05, 0) is 51.1 Å². The Hall–Kier alpha value is -1.66. The number of nitrogens with zero attached hydrogens (tertiary/aromatic N) is 3. The molecule has 2 fully saturated rings. The summed E-state index contributed by atoms with van der Waals surface area (Å²) in [6, 6.07) is 2.05. The lowest BCUT2D eigenvalue weighted by Crippen LogP contribution is -2.47. The van der Waals surface area contributed by atoms with Gasteiger partial charge in [-0.3, -0.25) is 9.69 Å². The Morgan fingerprint density at radius 2 is 2.21 bits per heavy atom. The summed E-state index contributed by atoms with van der Waals surface area (Å²) in [5.41, 5.74) is 2.99. The number of amides is 1. The number of piperidine rings is 1. The highest BCUT2D eigenvalue weighted by Gasteiger charge is 2.49. The fourth-order valence-electron chi connectivity index (χ4n) is 4.17. The molecule has 4 heterocycles. The highest BCUT2D eigenvalue weighted by molar-refractivity contribution is 7.08. The Balaban J connectivity index is 1.51. The SMILES string of the molecule is Cc1noc(C)c1CN1CCCC2(CCN(c3ccsc3)C2=O)C1. The molecule has 0 aromatic carbocycles. The highest BCUT2D eigenvalue weighted by atomic mass is 32.1. The van der Waals surface area contributed by atoms with E-state index < -0.39 is 0 Å². The summed E-state index contributed by atoms with van der Waals surface area (Å²) >= 11 is 1.65. The van der Waals surface area contributed by atoms with E-state index in [9.17, 15) is 4.79 Å². The van der Waals surface area contributed by atoms with Crippen LogP contribution in [0.4, 0.5) is 5.69 Å². The van der Waals surface area contributed by atoms with Crippen LogP contribution in [-0.4, -0.2) is 35.6 Å². The Bertz CT molecular complexity index is 720. The molecule has 4 rings (SSSR count). The molecular weight excluding hydrogens is 322 g/mol. The highest BCUT2D eigenvalue weighted by Crippen LogP contribution is 2.42. The van der Waals surface area contributed by atoms with E-state index in [1.165, 1.54) is 5.56 Å². The van der Waals surface area contributed by atoms with E-state index in [0.29, 0.717) is 5.91 Å². The van der Waals surface area contributed by atoms with Crippen LogP contribution in [0.3, 0.4) is 0 Å². The van der Waals surface area contributed by atoms with Crippen molar-refractivity contribution in [3.8, 4) is 0 Å². The van der Waals surface area contributed by atoms with E-state index in [1.807, 2.05) is 30.2 Å². The van der Waals surface area contributed by atoms with Crippen molar-refractivity contribution in [2.24, 2.45) is 5.41 Å². The van der Waals surface area contributed by atoms with E-state index in [1.54, 1.807) is 11.3 Å². The molecule has 2 aliphatic heterocycles. The monoisotopic (exact) mass is 345 g/mol. The Kier molecular flexibility index (Phi) is 3.96. The third-order valence-corrected chi connectivity index (χ3v) is 6.22. The summed E-state index contributed by atoms with van der Waals surface area (Å²) in [4.78, 5) is 17.5. The molecule has 1 amide bonds. The number of likely N-dealkylation sites (tertiary alicyclic amines) is 1. The van der Waals surface area contributed by atoms with Gasteiger partial charge in [0.25, 0.3) is 0 Å². The molecule has 1 unspecified atom stereocenters. The summed E-state index contributed by atoms with van der Waals surface area (Å²) in [6.07, 6.45) is 3.04. The van der Waals surface area contributed by atoms with E-state index in [0.717, 1.165) is 62.6 Å². The summed E-state index contributed by atoms with van der Waals surface area (Å²) in [7, 11) is 0. The molecule has 1 atom stereocenters. The minimum atomic E-state index is -0.209. The fraction of sp³-hybridized carbons (Fsp3) is 0.556. The van der Waals surface area contributed by atoms with Crippen molar-refractivity contribution in [1.82, 2.24) is 10.1 Å². The first kappa shape index (κ1) is 15.8. The lowest BCUT2D eigenvalue weighted by Gasteiger charge is -2.39. The van der Waals surface area contributed by atoms with Gasteiger partial charge in [0, 0.05) is 30.6 Å². The molecule has 0 radical (unpaired) electrons. The number of rotatable bonds is 3. The normalized spacial score (nSPS) is 25.1. The fourth-order valence-corrected chi connectivity index (χ4v) is 4.81. The van der Waals surface area contributed by atoms with Crippen LogP contribution in [-0.2, 0) is 11.3 Å². The quantitative estimate of drug-likeness (QED) is 0.856. The van der Waals surface area contributed by atoms with Gasteiger partial charge in [-0.1, -0.05) is 5.16 Å². The zero-order valence-electron chi connectivity index (χ0n) is 14.2. The molecular formula is C18H23N3O2S. The smallest absolute Gasteiger partial charge is 0.234 e. The second kappa shape index (κ2) is 6.01. The van der Waals surface area contributed by atoms with Crippen molar-refractivity contribution in [1.29, 1.82) is 0 Å². The van der Waals surface area contributed by atoms with Gasteiger partial charge in [0.1, 0.15) is 5.76 Å². The average molecular weight is 345 g/mol. The van der Waals surface area contributed by atoms with Crippen LogP contribution in [0.2, 0.25) is 0 Å². The molecule has 5 nitrogen and oxygen atoms in total. The van der Waals surface area contributed by atoms with Gasteiger partial charge in [-0.2, -0.15) is 11.3 Å². The van der Waals surface area contributed by atoms with Crippen LogP contribution in [0, 0.1) is 19.3 Å². The molecule has 128 valence electrons.